The molecular formula is C20H24N2O4S2. The number of likely N-dealkylation sites (N-methyl/N-ethyl adjacent to an activating group) is 1. The van der Waals surface area contributed by atoms with Gasteiger partial charge in [0.25, 0.3) is 0 Å². The fraction of sp³-hybridized carbons (Fsp3) is 0.300. The zero-order valence-electron chi connectivity index (χ0n) is 16.1. The zero-order chi connectivity index (χ0) is 20.7. The van der Waals surface area contributed by atoms with Gasteiger partial charge in [-0.1, -0.05) is 29.8 Å². The molecule has 2 aromatic rings. The van der Waals surface area contributed by atoms with Crippen LogP contribution in [0, 0.1) is 6.92 Å². The van der Waals surface area contributed by atoms with Gasteiger partial charge in [-0.05, 0) is 37.4 Å². The van der Waals surface area contributed by atoms with E-state index in [-0.39, 0.29) is 29.5 Å². The minimum absolute atomic E-state index is 0.147. The van der Waals surface area contributed by atoms with Crippen LogP contribution in [0.5, 0.6) is 0 Å². The monoisotopic (exact) mass is 420 g/mol. The Morgan fingerprint density at radius 3 is 2.36 bits per heavy atom. The third-order valence-corrected chi connectivity index (χ3v) is 6.68. The lowest BCUT2D eigenvalue weighted by Gasteiger charge is -2.17. The highest BCUT2D eigenvalue weighted by Gasteiger charge is 2.19. The second-order valence-corrected chi connectivity index (χ2v) is 9.34. The maximum absolute atomic E-state index is 12.4. The summed E-state index contributed by atoms with van der Waals surface area (Å²) >= 11 is 1.51. The molecule has 0 saturated carbocycles. The molecule has 2 rings (SSSR count). The molecule has 0 radical (unpaired) electrons. The minimum atomic E-state index is -3.54. The number of anilines is 1. The van der Waals surface area contributed by atoms with Crippen molar-refractivity contribution in [3.05, 3.63) is 54.1 Å². The lowest BCUT2D eigenvalue weighted by Crippen LogP contribution is -2.35. The van der Waals surface area contributed by atoms with Gasteiger partial charge in [0.15, 0.2) is 9.84 Å². The van der Waals surface area contributed by atoms with Crippen molar-refractivity contribution >= 4 is 39.1 Å². The van der Waals surface area contributed by atoms with E-state index in [4.69, 9.17) is 0 Å². The number of para-hydroxylation sites is 1. The molecule has 150 valence electrons. The molecule has 2 amide bonds. The number of aryl methyl sites for hydroxylation is 1. The number of nitrogens with zero attached hydrogens (tertiary/aromatic N) is 1. The Morgan fingerprint density at radius 2 is 1.71 bits per heavy atom. The van der Waals surface area contributed by atoms with Crippen LogP contribution in [0.1, 0.15) is 12.0 Å². The number of carbonyl (C=O) groups is 2. The van der Waals surface area contributed by atoms with Crippen molar-refractivity contribution in [3.63, 3.8) is 0 Å². The first kappa shape index (κ1) is 22.0. The smallest absolute Gasteiger partial charge is 0.244 e. The third kappa shape index (κ3) is 6.10. The number of thioether (sulfide) groups is 1. The standard InChI is InChI=1S/C20H24N2O4S2/c1-15-8-10-16(11-9-15)28(25,26)13-12-20(24)22(2)14-19(23)21-17-6-4-5-7-18(17)27-3/h4-11H,12-14H2,1-3H3,(H,21,23). The van der Waals surface area contributed by atoms with Gasteiger partial charge < -0.3 is 10.2 Å². The molecule has 0 aliphatic rings. The van der Waals surface area contributed by atoms with Crippen molar-refractivity contribution in [1.82, 2.24) is 4.90 Å². The van der Waals surface area contributed by atoms with E-state index in [1.54, 1.807) is 18.2 Å². The number of rotatable bonds is 8. The molecule has 0 unspecified atom stereocenters. The van der Waals surface area contributed by atoms with Gasteiger partial charge in [0, 0.05) is 18.4 Å². The second kappa shape index (κ2) is 9.75. The van der Waals surface area contributed by atoms with Gasteiger partial charge in [0.2, 0.25) is 11.8 Å². The van der Waals surface area contributed by atoms with Crippen molar-refractivity contribution < 1.29 is 18.0 Å². The quantitative estimate of drug-likeness (QED) is 0.664. The molecule has 6 nitrogen and oxygen atoms in total. The summed E-state index contributed by atoms with van der Waals surface area (Å²) in [7, 11) is -2.06. The summed E-state index contributed by atoms with van der Waals surface area (Å²) in [5.41, 5.74) is 1.65. The fourth-order valence-electron chi connectivity index (χ4n) is 2.52. The molecule has 0 heterocycles. The summed E-state index contributed by atoms with van der Waals surface area (Å²) in [6, 6.07) is 13.9. The molecule has 0 aliphatic heterocycles. The van der Waals surface area contributed by atoms with E-state index in [1.807, 2.05) is 31.4 Å². The van der Waals surface area contributed by atoms with Gasteiger partial charge >= 0.3 is 0 Å². The maximum Gasteiger partial charge on any atom is 0.244 e. The molecule has 0 atom stereocenters. The molecule has 8 heteroatoms. The lowest BCUT2D eigenvalue weighted by atomic mass is 10.2. The van der Waals surface area contributed by atoms with E-state index in [0.29, 0.717) is 5.69 Å². The van der Waals surface area contributed by atoms with Crippen LogP contribution in [0.4, 0.5) is 5.69 Å². The summed E-state index contributed by atoms with van der Waals surface area (Å²) in [6.07, 6.45) is 1.73. The first-order valence-corrected chi connectivity index (χ1v) is 11.6. The second-order valence-electron chi connectivity index (χ2n) is 6.38. The van der Waals surface area contributed by atoms with Gasteiger partial charge in [-0.2, -0.15) is 0 Å². The van der Waals surface area contributed by atoms with E-state index >= 15 is 0 Å². The molecule has 2 aromatic carbocycles. The maximum atomic E-state index is 12.4. The van der Waals surface area contributed by atoms with Crippen molar-refractivity contribution in [3.8, 4) is 0 Å². The van der Waals surface area contributed by atoms with Crippen LogP contribution in [0.2, 0.25) is 0 Å². The molecule has 28 heavy (non-hydrogen) atoms. The molecule has 0 spiro atoms. The minimum Gasteiger partial charge on any atom is -0.336 e. The molecule has 0 bridgehead atoms. The van der Waals surface area contributed by atoms with Crippen molar-refractivity contribution in [1.29, 1.82) is 0 Å². The highest BCUT2D eigenvalue weighted by molar-refractivity contribution is 7.98. The van der Waals surface area contributed by atoms with Crippen LogP contribution in [-0.2, 0) is 19.4 Å². The summed E-state index contributed by atoms with van der Waals surface area (Å²) in [5, 5.41) is 2.78. The molecule has 0 aromatic heterocycles. The first-order chi connectivity index (χ1) is 13.2. The number of hydrogen-bond acceptors (Lipinski definition) is 5. The molecule has 1 N–H and O–H groups in total. The summed E-state index contributed by atoms with van der Waals surface area (Å²) in [6.45, 7) is 1.73. The number of carbonyl (C=O) groups excluding carboxylic acids is 2. The van der Waals surface area contributed by atoms with Gasteiger partial charge in [0.05, 0.1) is 22.9 Å². The van der Waals surface area contributed by atoms with E-state index in [1.165, 1.54) is 35.8 Å². The Hall–Kier alpha value is -2.32. The number of sulfone groups is 1. The average molecular weight is 421 g/mol. The molecule has 0 aliphatic carbocycles. The predicted molar refractivity (Wildman–Crippen MR) is 112 cm³/mol. The molecule has 0 saturated heterocycles. The number of amides is 2. The highest BCUT2D eigenvalue weighted by atomic mass is 32.2. The zero-order valence-corrected chi connectivity index (χ0v) is 17.8. The normalized spacial score (nSPS) is 11.1. The Kier molecular flexibility index (Phi) is 7.65. The van der Waals surface area contributed by atoms with E-state index in [0.717, 1.165) is 10.5 Å². The number of nitrogens with one attached hydrogen (secondary N) is 1. The van der Waals surface area contributed by atoms with Crippen LogP contribution in [-0.4, -0.2) is 50.7 Å². The Bertz CT molecular complexity index is 941. The lowest BCUT2D eigenvalue weighted by molar-refractivity contribution is -0.132. The van der Waals surface area contributed by atoms with Gasteiger partial charge in [-0.3, -0.25) is 9.59 Å². The van der Waals surface area contributed by atoms with Crippen molar-refractivity contribution in [2.75, 3.05) is 30.9 Å². The topological polar surface area (TPSA) is 83.6 Å². The largest absolute Gasteiger partial charge is 0.336 e. The van der Waals surface area contributed by atoms with Crippen LogP contribution < -0.4 is 5.32 Å². The average Bonchev–Trinajstić information content (AvgIpc) is 2.66. The van der Waals surface area contributed by atoms with E-state index in [2.05, 4.69) is 5.32 Å². The number of hydrogen-bond donors (Lipinski definition) is 1. The highest BCUT2D eigenvalue weighted by Crippen LogP contribution is 2.24. The Balaban J connectivity index is 1.90. The Morgan fingerprint density at radius 1 is 1.07 bits per heavy atom. The van der Waals surface area contributed by atoms with Crippen LogP contribution in [0.25, 0.3) is 0 Å². The van der Waals surface area contributed by atoms with Gasteiger partial charge in [-0.15, -0.1) is 11.8 Å². The Labute approximate surface area is 170 Å². The fourth-order valence-corrected chi connectivity index (χ4v) is 4.30. The summed E-state index contributed by atoms with van der Waals surface area (Å²) < 4.78 is 24.7. The van der Waals surface area contributed by atoms with E-state index < -0.39 is 15.7 Å². The third-order valence-electron chi connectivity index (χ3n) is 4.15. The van der Waals surface area contributed by atoms with Crippen LogP contribution in [0.15, 0.2) is 58.3 Å². The van der Waals surface area contributed by atoms with Crippen LogP contribution >= 0.6 is 11.8 Å². The van der Waals surface area contributed by atoms with Gasteiger partial charge in [-0.25, -0.2) is 8.42 Å². The number of benzene rings is 2. The van der Waals surface area contributed by atoms with Crippen molar-refractivity contribution in [2.24, 2.45) is 0 Å². The summed E-state index contributed by atoms with van der Waals surface area (Å²) in [4.78, 5) is 26.8. The van der Waals surface area contributed by atoms with Crippen LogP contribution in [0.3, 0.4) is 0 Å². The molecular weight excluding hydrogens is 396 g/mol. The molecule has 0 fully saturated rings. The SMILES string of the molecule is CSc1ccccc1NC(=O)CN(C)C(=O)CCS(=O)(=O)c1ccc(C)cc1. The van der Waals surface area contributed by atoms with E-state index in [9.17, 15) is 18.0 Å². The predicted octanol–water partition coefficient (Wildman–Crippen LogP) is 2.98. The first-order valence-electron chi connectivity index (χ1n) is 8.69. The van der Waals surface area contributed by atoms with Crippen molar-refractivity contribution in [2.45, 2.75) is 23.1 Å². The van der Waals surface area contributed by atoms with Gasteiger partial charge in [0.1, 0.15) is 0 Å². The summed E-state index contributed by atoms with van der Waals surface area (Å²) in [5.74, 6) is -1.03.